The molecule has 0 bridgehead atoms. The molecule has 0 aliphatic carbocycles. The van der Waals surface area contributed by atoms with E-state index in [1.807, 2.05) is 7.11 Å². The molecule has 0 saturated carbocycles. The van der Waals surface area contributed by atoms with Gasteiger partial charge in [0.25, 0.3) is 0 Å². The Morgan fingerprint density at radius 1 is 1.50 bits per heavy atom. The Kier molecular flexibility index (Phi) is 5.40. The third kappa shape index (κ3) is 3.59. The van der Waals surface area contributed by atoms with Gasteiger partial charge in [-0.3, -0.25) is 0 Å². The van der Waals surface area contributed by atoms with E-state index in [0.717, 1.165) is 12.3 Å². The van der Waals surface area contributed by atoms with Crippen molar-refractivity contribution in [3.05, 3.63) is 0 Å². The smallest absolute Gasteiger partial charge is 0.189 e. The molecule has 0 heterocycles. The lowest BCUT2D eigenvalue weighted by molar-refractivity contribution is 0.397. The minimum atomic E-state index is -1.30. The molecule has 1 atom stereocenters. The van der Waals surface area contributed by atoms with Crippen molar-refractivity contribution in [3.8, 4) is 0 Å². The minimum Gasteiger partial charge on any atom is -0.420 e. The lowest BCUT2D eigenvalue weighted by atomic mass is 10.6. The summed E-state index contributed by atoms with van der Waals surface area (Å²) in [4.78, 5) is 0. The van der Waals surface area contributed by atoms with Gasteiger partial charge < -0.3 is 4.43 Å². The zero-order valence-corrected chi connectivity index (χ0v) is 8.87. The van der Waals surface area contributed by atoms with E-state index in [0.29, 0.717) is 0 Å². The predicted octanol–water partition coefficient (Wildman–Crippen LogP) is 2.86. The normalized spacial score (nSPS) is 16.8. The van der Waals surface area contributed by atoms with Crippen LogP contribution in [0, 0.1) is 0 Å². The summed E-state index contributed by atoms with van der Waals surface area (Å²) in [6, 6.07) is 2.39. The average Bonchev–Trinajstić information content (AvgIpc) is 2.00. The molecule has 3 heteroatoms. The fourth-order valence-electron chi connectivity index (χ4n) is 0.864. The first-order valence-electron chi connectivity index (χ1n) is 3.79. The minimum absolute atomic E-state index is 0.770. The third-order valence-corrected chi connectivity index (χ3v) is 6.24. The van der Waals surface area contributed by atoms with Gasteiger partial charge in [-0.05, 0) is 25.1 Å². The Bertz CT molecular complexity index is 83.7. The van der Waals surface area contributed by atoms with E-state index in [4.69, 9.17) is 16.0 Å². The van der Waals surface area contributed by atoms with Crippen LogP contribution < -0.4 is 0 Å². The van der Waals surface area contributed by atoms with E-state index in [1.165, 1.54) is 12.1 Å². The molecule has 10 heavy (non-hydrogen) atoms. The van der Waals surface area contributed by atoms with Gasteiger partial charge in [-0.15, -0.1) is 11.6 Å². The summed E-state index contributed by atoms with van der Waals surface area (Å²) in [6.07, 6.45) is 1.10. The molecule has 0 aliphatic heterocycles. The molecule has 0 aliphatic rings. The lowest BCUT2D eigenvalue weighted by Gasteiger charge is -2.22. The number of alkyl halides is 1. The van der Waals surface area contributed by atoms with Crippen LogP contribution in [0.5, 0.6) is 0 Å². The maximum Gasteiger partial charge on any atom is 0.189 e. The Morgan fingerprint density at radius 3 is 2.40 bits per heavy atom. The van der Waals surface area contributed by atoms with E-state index in [1.54, 1.807) is 0 Å². The zero-order chi connectivity index (χ0) is 8.04. The monoisotopic (exact) mass is 180 g/mol. The summed E-state index contributed by atoms with van der Waals surface area (Å²) < 4.78 is 5.47. The number of hydrogen-bond donors (Lipinski definition) is 0. The molecule has 1 nitrogen and oxygen atoms in total. The molecule has 0 rings (SSSR count). The average molecular weight is 181 g/mol. The highest BCUT2D eigenvalue weighted by atomic mass is 35.5. The summed E-state index contributed by atoms with van der Waals surface area (Å²) in [6.45, 7) is 4.46. The SMILES string of the molecule is CC[Si](C)(CCCCl)OC. The highest BCUT2D eigenvalue weighted by Gasteiger charge is 2.23. The van der Waals surface area contributed by atoms with Crippen molar-refractivity contribution in [2.75, 3.05) is 13.0 Å². The second-order valence-corrected chi connectivity index (χ2v) is 7.69. The van der Waals surface area contributed by atoms with Gasteiger partial charge in [0.15, 0.2) is 8.32 Å². The number of halogens is 1. The van der Waals surface area contributed by atoms with Crippen molar-refractivity contribution in [2.24, 2.45) is 0 Å². The van der Waals surface area contributed by atoms with E-state index in [2.05, 4.69) is 13.5 Å². The van der Waals surface area contributed by atoms with Gasteiger partial charge in [-0.1, -0.05) is 6.92 Å². The summed E-state index contributed by atoms with van der Waals surface area (Å²) in [7, 11) is 0.521. The maximum atomic E-state index is 5.59. The van der Waals surface area contributed by atoms with E-state index < -0.39 is 8.32 Å². The topological polar surface area (TPSA) is 9.23 Å². The van der Waals surface area contributed by atoms with E-state index in [-0.39, 0.29) is 0 Å². The van der Waals surface area contributed by atoms with Crippen molar-refractivity contribution < 1.29 is 4.43 Å². The summed E-state index contributed by atoms with van der Waals surface area (Å²) >= 11 is 5.59. The van der Waals surface area contributed by atoms with Gasteiger partial charge in [-0.25, -0.2) is 0 Å². The molecule has 1 unspecified atom stereocenters. The molecule has 0 aromatic heterocycles. The van der Waals surface area contributed by atoms with Gasteiger partial charge in [-0.2, -0.15) is 0 Å². The molecular weight excluding hydrogens is 164 g/mol. The van der Waals surface area contributed by atoms with Crippen LogP contribution in [0.1, 0.15) is 13.3 Å². The second kappa shape index (κ2) is 5.16. The highest BCUT2D eigenvalue weighted by Crippen LogP contribution is 2.17. The van der Waals surface area contributed by atoms with Crippen molar-refractivity contribution >= 4 is 19.9 Å². The first-order valence-corrected chi connectivity index (χ1v) is 7.15. The van der Waals surface area contributed by atoms with Crippen molar-refractivity contribution in [1.29, 1.82) is 0 Å². The first kappa shape index (κ1) is 10.5. The molecule has 0 radical (unpaired) electrons. The van der Waals surface area contributed by atoms with Crippen LogP contribution in [0.2, 0.25) is 18.6 Å². The Labute approximate surface area is 69.9 Å². The fraction of sp³-hybridized carbons (Fsp3) is 1.00. The number of rotatable bonds is 5. The van der Waals surface area contributed by atoms with Crippen LogP contribution in [-0.2, 0) is 4.43 Å². The first-order chi connectivity index (χ1) is 4.68. The third-order valence-electron chi connectivity index (χ3n) is 2.08. The van der Waals surface area contributed by atoms with Crippen LogP contribution in [0.15, 0.2) is 0 Å². The molecule has 0 aromatic rings. The second-order valence-electron chi connectivity index (χ2n) is 2.80. The van der Waals surface area contributed by atoms with E-state index >= 15 is 0 Å². The van der Waals surface area contributed by atoms with E-state index in [9.17, 15) is 0 Å². The van der Waals surface area contributed by atoms with Crippen LogP contribution in [-0.4, -0.2) is 21.3 Å². The molecule has 0 aromatic carbocycles. The maximum absolute atomic E-state index is 5.59. The fourth-order valence-corrected chi connectivity index (χ4v) is 2.99. The molecule has 0 spiro atoms. The molecule has 0 N–H and O–H groups in total. The van der Waals surface area contributed by atoms with Gasteiger partial charge in [0, 0.05) is 13.0 Å². The Hall–Kier alpha value is 0.467. The number of hydrogen-bond acceptors (Lipinski definition) is 1. The predicted molar refractivity (Wildman–Crippen MR) is 49.3 cm³/mol. The highest BCUT2D eigenvalue weighted by molar-refractivity contribution is 6.72. The van der Waals surface area contributed by atoms with Crippen LogP contribution >= 0.6 is 11.6 Å². The summed E-state index contributed by atoms with van der Waals surface area (Å²) in [5.41, 5.74) is 0. The van der Waals surface area contributed by atoms with Gasteiger partial charge in [0.1, 0.15) is 0 Å². The summed E-state index contributed by atoms with van der Waals surface area (Å²) in [5, 5.41) is 0. The van der Waals surface area contributed by atoms with Gasteiger partial charge in [0.05, 0.1) is 0 Å². The quantitative estimate of drug-likeness (QED) is 0.467. The Morgan fingerprint density at radius 2 is 2.10 bits per heavy atom. The molecule has 0 saturated heterocycles. The Balaban J connectivity index is 3.58. The van der Waals surface area contributed by atoms with Gasteiger partial charge in [0.2, 0.25) is 0 Å². The standard InChI is InChI=1S/C7H17ClOSi/c1-4-10(3,9-2)7-5-6-8/h4-7H2,1-3H3. The lowest BCUT2D eigenvalue weighted by Crippen LogP contribution is -2.31. The van der Waals surface area contributed by atoms with Crippen LogP contribution in [0.25, 0.3) is 0 Å². The summed E-state index contributed by atoms with van der Waals surface area (Å²) in [5.74, 6) is 0.770. The molecular formula is C7H17ClOSi. The van der Waals surface area contributed by atoms with Crippen LogP contribution in [0.3, 0.4) is 0 Å². The van der Waals surface area contributed by atoms with Crippen molar-refractivity contribution in [2.45, 2.75) is 32.0 Å². The molecule has 0 amide bonds. The molecule has 62 valence electrons. The van der Waals surface area contributed by atoms with Gasteiger partial charge >= 0.3 is 0 Å². The van der Waals surface area contributed by atoms with Crippen molar-refractivity contribution in [3.63, 3.8) is 0 Å². The van der Waals surface area contributed by atoms with Crippen molar-refractivity contribution in [1.82, 2.24) is 0 Å². The molecule has 0 fully saturated rings. The largest absolute Gasteiger partial charge is 0.420 e. The zero-order valence-electron chi connectivity index (χ0n) is 7.11. The van der Waals surface area contributed by atoms with Crippen LogP contribution in [0.4, 0.5) is 0 Å².